The van der Waals surface area contributed by atoms with E-state index in [4.69, 9.17) is 34.7 Å². The zero-order valence-corrected chi connectivity index (χ0v) is 15.4. The Morgan fingerprint density at radius 2 is 1.77 bits per heavy atom. The number of benzene rings is 2. The van der Waals surface area contributed by atoms with Crippen LogP contribution in [0, 0.1) is 0 Å². The van der Waals surface area contributed by atoms with Gasteiger partial charge in [0, 0.05) is 22.9 Å². The van der Waals surface area contributed by atoms with E-state index < -0.39 is 22.2 Å². The summed E-state index contributed by atoms with van der Waals surface area (Å²) < 4.78 is 26.9. The predicted molar refractivity (Wildman–Crippen MR) is 99.5 cm³/mol. The zero-order valence-electron chi connectivity index (χ0n) is 13.1. The van der Waals surface area contributed by atoms with Crippen LogP contribution in [0.2, 0.25) is 10.0 Å². The Bertz CT molecular complexity index is 993. The third-order valence-corrected chi connectivity index (χ3v) is 6.31. The second-order valence-electron chi connectivity index (χ2n) is 5.71. The van der Waals surface area contributed by atoms with Gasteiger partial charge in [0.25, 0.3) is 0 Å². The van der Waals surface area contributed by atoms with Crippen LogP contribution in [0.25, 0.3) is 0 Å². The first-order chi connectivity index (χ1) is 12.1. The molecule has 6 N–H and O–H groups in total. The number of carboxylic acids is 1. The first kappa shape index (κ1) is 18.6. The first-order valence-corrected chi connectivity index (χ1v) is 9.44. The SMILES string of the molecule is Nc1cc(N)cc(CN2C(C(=O)O)Nc3cc(Cl)cc(Cl)c3S2(=O)=O)c1. The summed E-state index contributed by atoms with van der Waals surface area (Å²) in [6.45, 7) is -0.264. The Morgan fingerprint density at radius 3 is 2.35 bits per heavy atom. The van der Waals surface area contributed by atoms with Gasteiger partial charge < -0.3 is 21.9 Å². The van der Waals surface area contributed by atoms with Crippen LogP contribution in [0.4, 0.5) is 17.1 Å². The second kappa shape index (κ2) is 6.51. The summed E-state index contributed by atoms with van der Waals surface area (Å²) in [6.07, 6.45) is -1.55. The normalized spacial score (nSPS) is 18.8. The highest BCUT2D eigenvalue weighted by Crippen LogP contribution is 2.40. The average Bonchev–Trinajstić information content (AvgIpc) is 2.47. The third kappa shape index (κ3) is 3.26. The molecule has 0 aromatic heterocycles. The van der Waals surface area contributed by atoms with Gasteiger partial charge in [0.2, 0.25) is 10.0 Å². The van der Waals surface area contributed by atoms with Crippen molar-refractivity contribution in [2.45, 2.75) is 17.6 Å². The monoisotopic (exact) mass is 416 g/mol. The molecule has 1 heterocycles. The van der Waals surface area contributed by atoms with Crippen molar-refractivity contribution >= 4 is 56.3 Å². The van der Waals surface area contributed by atoms with Gasteiger partial charge in [-0.1, -0.05) is 23.2 Å². The number of nitrogens with one attached hydrogen (secondary N) is 1. The fraction of sp³-hybridized carbons (Fsp3) is 0.133. The Hall–Kier alpha value is -2.20. The number of hydrogen-bond donors (Lipinski definition) is 4. The number of sulfonamides is 1. The minimum atomic E-state index is -4.23. The summed E-state index contributed by atoms with van der Waals surface area (Å²) >= 11 is 12.0. The molecule has 11 heteroatoms. The molecule has 0 fully saturated rings. The van der Waals surface area contributed by atoms with E-state index in [1.54, 1.807) is 0 Å². The highest BCUT2D eigenvalue weighted by molar-refractivity contribution is 7.89. The van der Waals surface area contributed by atoms with Crippen molar-refractivity contribution < 1.29 is 18.3 Å². The van der Waals surface area contributed by atoms with Crippen molar-refractivity contribution in [2.24, 2.45) is 0 Å². The van der Waals surface area contributed by atoms with Gasteiger partial charge in [0.1, 0.15) is 4.90 Å². The van der Waals surface area contributed by atoms with Crippen LogP contribution in [0.1, 0.15) is 5.56 Å². The Labute approximate surface area is 159 Å². The van der Waals surface area contributed by atoms with Crippen LogP contribution in [0.5, 0.6) is 0 Å². The molecule has 2 aromatic rings. The van der Waals surface area contributed by atoms with Gasteiger partial charge in [-0.05, 0) is 35.9 Å². The largest absolute Gasteiger partial charge is 0.479 e. The summed E-state index contributed by atoms with van der Waals surface area (Å²) in [6, 6.07) is 7.13. The molecule has 0 radical (unpaired) electrons. The molecule has 1 atom stereocenters. The van der Waals surface area contributed by atoms with Gasteiger partial charge in [-0.3, -0.25) is 0 Å². The standard InChI is InChI=1S/C15H14Cl2N4O4S/c16-8-3-11(17)13-12(4-8)20-14(15(22)23)21(26(13,24)25)6-7-1-9(18)5-10(19)2-7/h1-5,14,20H,6,18-19H2,(H,22,23). The highest BCUT2D eigenvalue weighted by Gasteiger charge is 2.43. The van der Waals surface area contributed by atoms with Crippen LogP contribution in [-0.4, -0.2) is 30.0 Å². The van der Waals surface area contributed by atoms with Crippen molar-refractivity contribution in [3.63, 3.8) is 0 Å². The average molecular weight is 417 g/mol. The third-order valence-electron chi connectivity index (χ3n) is 3.77. The Morgan fingerprint density at radius 1 is 1.15 bits per heavy atom. The molecular formula is C15H14Cl2N4O4S. The van der Waals surface area contributed by atoms with Crippen LogP contribution >= 0.6 is 23.2 Å². The fourth-order valence-corrected chi connectivity index (χ4v) is 5.24. The molecular weight excluding hydrogens is 403 g/mol. The van der Waals surface area contributed by atoms with Gasteiger partial charge in [-0.15, -0.1) is 0 Å². The van der Waals surface area contributed by atoms with E-state index in [9.17, 15) is 18.3 Å². The molecule has 0 spiro atoms. The zero-order chi connectivity index (χ0) is 19.2. The lowest BCUT2D eigenvalue weighted by Crippen LogP contribution is -2.52. The van der Waals surface area contributed by atoms with Gasteiger partial charge in [0.15, 0.2) is 6.17 Å². The summed E-state index contributed by atoms with van der Waals surface area (Å²) in [5, 5.41) is 12.2. The number of halogens is 2. The van der Waals surface area contributed by atoms with Crippen molar-refractivity contribution in [3.05, 3.63) is 45.9 Å². The number of nitrogen functional groups attached to an aromatic ring is 2. The van der Waals surface area contributed by atoms with Crippen LogP contribution in [0.15, 0.2) is 35.2 Å². The summed E-state index contributed by atoms with van der Waals surface area (Å²) in [5.74, 6) is -1.38. The lowest BCUT2D eigenvalue weighted by atomic mass is 10.1. The molecule has 0 amide bonds. The number of carboxylic acid groups (broad SMARTS) is 1. The number of nitrogens with two attached hydrogens (primary N) is 2. The number of rotatable bonds is 3. The summed E-state index contributed by atoms with van der Waals surface area (Å²) in [4.78, 5) is 11.4. The van der Waals surface area contributed by atoms with E-state index in [-0.39, 0.29) is 27.2 Å². The number of anilines is 3. The number of carbonyl (C=O) groups is 1. The molecule has 1 aliphatic heterocycles. The molecule has 26 heavy (non-hydrogen) atoms. The number of nitrogens with zero attached hydrogens (tertiary/aromatic N) is 1. The Kier molecular flexibility index (Phi) is 4.65. The van der Waals surface area contributed by atoms with Gasteiger partial charge in [0.05, 0.1) is 10.7 Å². The van der Waals surface area contributed by atoms with Gasteiger partial charge in [-0.25, -0.2) is 13.2 Å². The van der Waals surface area contributed by atoms with Crippen LogP contribution < -0.4 is 16.8 Å². The van der Waals surface area contributed by atoms with Crippen molar-refractivity contribution in [1.29, 1.82) is 0 Å². The van der Waals surface area contributed by atoms with E-state index in [0.29, 0.717) is 16.9 Å². The molecule has 138 valence electrons. The molecule has 0 saturated carbocycles. The molecule has 0 bridgehead atoms. The number of hydrogen-bond acceptors (Lipinski definition) is 6. The minimum absolute atomic E-state index is 0.0261. The maximum Gasteiger partial charge on any atom is 0.342 e. The lowest BCUT2D eigenvalue weighted by molar-refractivity contribution is -0.140. The molecule has 0 saturated heterocycles. The maximum atomic E-state index is 13.1. The quantitative estimate of drug-likeness (QED) is 0.562. The number of fused-ring (bicyclic) bond motifs is 1. The van der Waals surface area contributed by atoms with Gasteiger partial charge in [-0.2, -0.15) is 4.31 Å². The lowest BCUT2D eigenvalue weighted by Gasteiger charge is -2.35. The molecule has 1 unspecified atom stereocenters. The minimum Gasteiger partial charge on any atom is -0.479 e. The fourth-order valence-electron chi connectivity index (χ4n) is 2.78. The Balaban J connectivity index is 2.14. The summed E-state index contributed by atoms with van der Waals surface area (Å²) in [7, 11) is -4.23. The highest BCUT2D eigenvalue weighted by atomic mass is 35.5. The smallest absolute Gasteiger partial charge is 0.342 e. The summed E-state index contributed by atoms with van der Waals surface area (Å²) in [5.41, 5.74) is 12.6. The molecule has 1 aliphatic rings. The maximum absolute atomic E-state index is 13.1. The van der Waals surface area contributed by atoms with Crippen LogP contribution in [-0.2, 0) is 21.4 Å². The molecule has 3 rings (SSSR count). The number of aliphatic carboxylic acids is 1. The second-order valence-corrected chi connectivity index (χ2v) is 8.38. The van der Waals surface area contributed by atoms with Crippen molar-refractivity contribution in [3.8, 4) is 0 Å². The van der Waals surface area contributed by atoms with Crippen molar-refractivity contribution in [2.75, 3.05) is 16.8 Å². The first-order valence-electron chi connectivity index (χ1n) is 7.25. The predicted octanol–water partition coefficient (Wildman–Crippen LogP) is 2.18. The van der Waals surface area contributed by atoms with E-state index in [0.717, 1.165) is 4.31 Å². The van der Waals surface area contributed by atoms with E-state index >= 15 is 0 Å². The van der Waals surface area contributed by atoms with E-state index in [1.807, 2.05) is 0 Å². The molecule has 0 aliphatic carbocycles. The van der Waals surface area contributed by atoms with E-state index in [2.05, 4.69) is 5.32 Å². The molecule has 2 aromatic carbocycles. The van der Waals surface area contributed by atoms with Crippen LogP contribution in [0.3, 0.4) is 0 Å². The molecule has 8 nitrogen and oxygen atoms in total. The topological polar surface area (TPSA) is 139 Å². The van der Waals surface area contributed by atoms with E-state index in [1.165, 1.54) is 30.3 Å². The van der Waals surface area contributed by atoms with Crippen molar-refractivity contribution in [1.82, 2.24) is 4.31 Å². The van der Waals surface area contributed by atoms with Gasteiger partial charge >= 0.3 is 5.97 Å².